The minimum absolute atomic E-state index is 0.169. The van der Waals surface area contributed by atoms with E-state index >= 15 is 4.39 Å². The molecule has 3 saturated carbocycles. The number of halogens is 1. The molecule has 19 heteroatoms. The van der Waals surface area contributed by atoms with Crippen LogP contribution in [0.4, 0.5) is 9.18 Å². The Morgan fingerprint density at radius 3 is 2.49 bits per heavy atom. The molecule has 0 aromatic rings. The molecule has 0 saturated heterocycles. The van der Waals surface area contributed by atoms with Crippen molar-refractivity contribution in [3.63, 3.8) is 0 Å². The largest absolute Gasteiger partial charge is 0.441 e. The van der Waals surface area contributed by atoms with E-state index < -0.39 is 106 Å². The van der Waals surface area contributed by atoms with Crippen LogP contribution in [0.5, 0.6) is 0 Å². The number of ketones is 2. The summed E-state index contributed by atoms with van der Waals surface area (Å²) in [5.74, 6) is -3.83. The van der Waals surface area contributed by atoms with Crippen molar-refractivity contribution in [2.45, 2.75) is 75.5 Å². The third kappa shape index (κ3) is 6.26. The number of alkyl halides is 1. The van der Waals surface area contributed by atoms with E-state index in [2.05, 4.69) is 20.3 Å². The van der Waals surface area contributed by atoms with Crippen LogP contribution in [0.1, 0.15) is 46.0 Å². The van der Waals surface area contributed by atoms with E-state index in [0.717, 1.165) is 0 Å². The number of hydrogen-bond donors (Lipinski definition) is 5. The van der Waals surface area contributed by atoms with Gasteiger partial charge in [-0.25, -0.2) is 9.18 Å². The standard InChI is InChI=1S/C28H37FN4O14/c1-25-7-5-16(34)9-15(25)3-4-18-19-10-20(35)28(40,26(19,2)11-21(36)27(18,25)29)22(37)14-45-24(39)31-12-23(38)30-8-6-17(47-33(43)44)13-46-32(41)42/h5,7,9,17-21,35-36,40H,3-4,6,8,10-14H2,1-2H3,(H,30,38)(H,31,39)/t17?,18-,19-,20+,21-,25-,26-,27-,28-/m0/s1. The highest BCUT2D eigenvalue weighted by Gasteiger charge is 2.76. The SMILES string of the molecule is C[C@]12C=CC(=O)C=C1CC[C@H]1[C@@H]3C[C@@H](O)[C@](O)(C(=O)COC(=O)NCC(=O)NCCC(CO[N+](=O)[O-])O[N+](=O)[O-])[C@@]3(C)C[C@H](O)[C@@]12F. The number of hydrogen-bond acceptors (Lipinski definition) is 14. The number of carbonyl (C=O) groups is 4. The second kappa shape index (κ2) is 13.1. The smallest absolute Gasteiger partial charge is 0.408 e. The predicted molar refractivity (Wildman–Crippen MR) is 151 cm³/mol. The van der Waals surface area contributed by atoms with Gasteiger partial charge in [-0.1, -0.05) is 18.6 Å². The first-order chi connectivity index (χ1) is 21.9. The molecule has 4 aliphatic carbocycles. The molecule has 4 rings (SSSR count). The highest BCUT2D eigenvalue weighted by molar-refractivity contribution is 6.01. The van der Waals surface area contributed by atoms with Gasteiger partial charge in [0.25, 0.3) is 10.2 Å². The number of carbonyl (C=O) groups excluding carboxylic acids is 4. The van der Waals surface area contributed by atoms with Gasteiger partial charge in [0, 0.05) is 23.3 Å². The molecule has 2 amide bonds. The van der Waals surface area contributed by atoms with Gasteiger partial charge in [0.2, 0.25) is 11.7 Å². The van der Waals surface area contributed by atoms with Crippen molar-refractivity contribution in [1.82, 2.24) is 10.6 Å². The molecular weight excluding hydrogens is 635 g/mol. The van der Waals surface area contributed by atoms with E-state index in [9.17, 15) is 54.7 Å². The molecule has 0 aliphatic heterocycles. The van der Waals surface area contributed by atoms with E-state index in [0.29, 0.717) is 12.0 Å². The summed E-state index contributed by atoms with van der Waals surface area (Å²) < 4.78 is 22.1. The summed E-state index contributed by atoms with van der Waals surface area (Å²) in [4.78, 5) is 78.7. The molecule has 9 atom stereocenters. The van der Waals surface area contributed by atoms with Crippen molar-refractivity contribution < 1.29 is 63.5 Å². The fourth-order valence-corrected chi connectivity index (χ4v) is 8.04. The number of aliphatic hydroxyl groups excluding tert-OH is 2. The summed E-state index contributed by atoms with van der Waals surface area (Å²) in [6.07, 6.45) is -2.20. The maximum atomic E-state index is 17.2. The molecule has 0 spiro atoms. The molecule has 47 heavy (non-hydrogen) atoms. The molecule has 5 N–H and O–H groups in total. The monoisotopic (exact) mass is 672 g/mol. The Bertz CT molecular complexity index is 1390. The number of nitrogens with zero attached hydrogens (tertiary/aromatic N) is 2. The maximum Gasteiger partial charge on any atom is 0.408 e. The second-order valence-electron chi connectivity index (χ2n) is 12.7. The number of nitrogens with one attached hydrogen (secondary N) is 2. The topological polar surface area (TPSA) is 267 Å². The Kier molecular flexibility index (Phi) is 9.94. The number of Topliss-reactive ketones (excluding diaryl/α,β-unsaturated/α-hetero) is 1. The fourth-order valence-electron chi connectivity index (χ4n) is 8.04. The van der Waals surface area contributed by atoms with Crippen molar-refractivity contribution in [3.8, 4) is 0 Å². The summed E-state index contributed by atoms with van der Waals surface area (Å²) in [6, 6.07) is 0. The second-order valence-corrected chi connectivity index (χ2v) is 12.7. The first kappa shape index (κ1) is 35.6. The molecular formula is C28H37FN4O14. The number of alkyl carbamates (subject to hydrolysis) is 1. The van der Waals surface area contributed by atoms with Crippen molar-refractivity contribution in [3.05, 3.63) is 44.0 Å². The molecule has 18 nitrogen and oxygen atoms in total. The highest BCUT2D eigenvalue weighted by Crippen LogP contribution is 2.69. The molecule has 0 aromatic heterocycles. The zero-order valence-corrected chi connectivity index (χ0v) is 25.6. The van der Waals surface area contributed by atoms with E-state index in [1.807, 2.05) is 0 Å². The van der Waals surface area contributed by atoms with E-state index in [-0.39, 0.29) is 31.6 Å². The van der Waals surface area contributed by atoms with E-state index in [1.54, 1.807) is 6.92 Å². The van der Waals surface area contributed by atoms with Crippen LogP contribution in [0.2, 0.25) is 0 Å². The summed E-state index contributed by atoms with van der Waals surface area (Å²) in [6.45, 7) is 0.360. The summed E-state index contributed by atoms with van der Waals surface area (Å²) >= 11 is 0. The van der Waals surface area contributed by atoms with Gasteiger partial charge in [-0.2, -0.15) is 0 Å². The third-order valence-corrected chi connectivity index (χ3v) is 10.4. The minimum Gasteiger partial charge on any atom is -0.441 e. The third-order valence-electron chi connectivity index (χ3n) is 10.4. The molecule has 0 bridgehead atoms. The molecule has 4 aliphatic rings. The Balaban J connectivity index is 1.33. The molecule has 0 radical (unpaired) electrons. The van der Waals surface area contributed by atoms with Gasteiger partial charge in [0.1, 0.15) is 12.7 Å². The normalized spacial score (nSPS) is 36.0. The highest BCUT2D eigenvalue weighted by atomic mass is 19.1. The lowest BCUT2D eigenvalue weighted by atomic mass is 9.44. The van der Waals surface area contributed by atoms with Crippen molar-refractivity contribution in [2.75, 3.05) is 26.3 Å². The van der Waals surface area contributed by atoms with Crippen molar-refractivity contribution in [2.24, 2.45) is 22.7 Å². The minimum atomic E-state index is -2.52. The van der Waals surface area contributed by atoms with Gasteiger partial charge in [-0.05, 0) is 57.1 Å². The lowest BCUT2D eigenvalue weighted by Gasteiger charge is -2.62. The van der Waals surface area contributed by atoms with Crippen molar-refractivity contribution in [1.29, 1.82) is 0 Å². The number of ether oxygens (including phenoxy) is 1. The molecule has 260 valence electrons. The van der Waals surface area contributed by atoms with Gasteiger partial charge < -0.3 is 40.4 Å². The van der Waals surface area contributed by atoms with Crippen LogP contribution in [0.25, 0.3) is 0 Å². The van der Waals surface area contributed by atoms with Crippen LogP contribution in [-0.4, -0.2) is 105 Å². The maximum absolute atomic E-state index is 17.2. The van der Waals surface area contributed by atoms with E-state index in [1.165, 1.54) is 25.2 Å². The van der Waals surface area contributed by atoms with Gasteiger partial charge in [-0.15, -0.1) is 20.2 Å². The van der Waals surface area contributed by atoms with Crippen LogP contribution in [0.3, 0.4) is 0 Å². The molecule has 1 unspecified atom stereocenters. The van der Waals surface area contributed by atoms with Gasteiger partial charge in [0.15, 0.2) is 23.7 Å². The number of rotatable bonds is 13. The first-order valence-electron chi connectivity index (χ1n) is 14.9. The summed E-state index contributed by atoms with van der Waals surface area (Å²) in [5, 5.41) is 56.9. The first-order valence-corrected chi connectivity index (χ1v) is 14.9. The number of fused-ring (bicyclic) bond motifs is 5. The van der Waals surface area contributed by atoms with E-state index in [4.69, 9.17) is 4.74 Å². The number of aliphatic hydroxyl groups is 3. The Morgan fingerprint density at radius 1 is 1.13 bits per heavy atom. The Labute approximate surface area is 266 Å². The van der Waals surface area contributed by atoms with Gasteiger partial charge in [0.05, 0.1) is 18.8 Å². The predicted octanol–water partition coefficient (Wildman–Crippen LogP) is -0.354. The lowest BCUT2D eigenvalue weighted by Crippen LogP contribution is -2.69. The quantitative estimate of drug-likeness (QED) is 0.124. The van der Waals surface area contributed by atoms with Crippen LogP contribution < -0.4 is 10.6 Å². The Hall–Kier alpha value is -4.23. The van der Waals surface area contributed by atoms with Crippen LogP contribution in [0.15, 0.2) is 23.8 Å². The average molecular weight is 673 g/mol. The number of amides is 2. The molecule has 3 fully saturated rings. The van der Waals surface area contributed by atoms with Crippen LogP contribution in [-0.2, 0) is 28.8 Å². The zero-order valence-electron chi connectivity index (χ0n) is 25.6. The number of allylic oxidation sites excluding steroid dienone is 4. The van der Waals surface area contributed by atoms with Gasteiger partial charge >= 0.3 is 6.09 Å². The molecule has 0 aromatic carbocycles. The molecule has 0 heterocycles. The summed E-state index contributed by atoms with van der Waals surface area (Å²) in [7, 11) is 0. The summed E-state index contributed by atoms with van der Waals surface area (Å²) in [5.41, 5.74) is -7.07. The van der Waals surface area contributed by atoms with Crippen LogP contribution >= 0.6 is 0 Å². The Morgan fingerprint density at radius 2 is 1.83 bits per heavy atom. The lowest BCUT2D eigenvalue weighted by molar-refractivity contribution is -0.790. The average Bonchev–Trinajstić information content (AvgIpc) is 3.19. The fraction of sp³-hybridized carbons (Fsp3) is 0.714. The van der Waals surface area contributed by atoms with Gasteiger partial charge in [-0.3, -0.25) is 14.4 Å². The van der Waals surface area contributed by atoms with Crippen molar-refractivity contribution >= 4 is 23.6 Å². The zero-order chi connectivity index (χ0) is 34.9. The van der Waals surface area contributed by atoms with Crippen LogP contribution in [0, 0.1) is 42.9 Å².